The van der Waals surface area contributed by atoms with Crippen molar-refractivity contribution < 1.29 is 4.74 Å². The molecule has 0 saturated carbocycles. The normalized spacial score (nSPS) is 16.1. The van der Waals surface area contributed by atoms with Gasteiger partial charge in [0.05, 0.1) is 12.1 Å². The Balaban J connectivity index is 1.64. The summed E-state index contributed by atoms with van der Waals surface area (Å²) in [6.07, 6.45) is 3.75. The third-order valence-corrected chi connectivity index (χ3v) is 4.76. The number of hydrogen-bond acceptors (Lipinski definition) is 3. The molecule has 0 radical (unpaired) electrons. The molecule has 23 heavy (non-hydrogen) atoms. The summed E-state index contributed by atoms with van der Waals surface area (Å²) in [6.45, 7) is 6.81. The van der Waals surface area contributed by atoms with E-state index in [1.807, 2.05) is 18.2 Å². The molecule has 6 heteroatoms. The number of likely N-dealkylation sites (tertiary alicyclic amines) is 1. The number of piperidine rings is 1. The number of halogens is 1. The second-order valence-electron chi connectivity index (χ2n) is 6.11. The molecule has 0 amide bonds. The average molecular weight is 356 g/mol. The Hall–Kier alpha value is -1.04. The lowest BCUT2D eigenvalue weighted by molar-refractivity contribution is 0.191. The number of methoxy groups -OCH3 is 1. The minimum absolute atomic E-state index is 0.569. The SMILES string of the molecule is COc1ccc(NC(=S)NCCCN2CCC(C)CC2)cc1Cl. The van der Waals surface area contributed by atoms with Crippen LogP contribution in [0.15, 0.2) is 18.2 Å². The van der Waals surface area contributed by atoms with Crippen LogP contribution in [0.25, 0.3) is 0 Å². The monoisotopic (exact) mass is 355 g/mol. The lowest BCUT2D eigenvalue weighted by Crippen LogP contribution is -2.36. The summed E-state index contributed by atoms with van der Waals surface area (Å²) in [5.74, 6) is 1.55. The first-order valence-electron chi connectivity index (χ1n) is 8.19. The number of hydrogen-bond donors (Lipinski definition) is 2. The fourth-order valence-corrected chi connectivity index (χ4v) is 3.19. The van der Waals surface area contributed by atoms with Gasteiger partial charge < -0.3 is 20.3 Å². The summed E-state index contributed by atoms with van der Waals surface area (Å²) in [5, 5.41) is 7.58. The number of nitrogens with zero attached hydrogens (tertiary/aromatic N) is 1. The lowest BCUT2D eigenvalue weighted by Gasteiger charge is -2.30. The van der Waals surface area contributed by atoms with Crippen LogP contribution < -0.4 is 15.4 Å². The second-order valence-corrected chi connectivity index (χ2v) is 6.92. The molecule has 4 nitrogen and oxygen atoms in total. The largest absolute Gasteiger partial charge is 0.495 e. The van der Waals surface area contributed by atoms with Gasteiger partial charge in [-0.1, -0.05) is 18.5 Å². The van der Waals surface area contributed by atoms with E-state index in [0.717, 1.165) is 31.1 Å². The average Bonchev–Trinajstić information content (AvgIpc) is 2.53. The molecule has 0 aliphatic carbocycles. The summed E-state index contributed by atoms with van der Waals surface area (Å²) in [7, 11) is 1.60. The predicted molar refractivity (Wildman–Crippen MR) is 102 cm³/mol. The van der Waals surface area contributed by atoms with Gasteiger partial charge in [-0.15, -0.1) is 0 Å². The number of ether oxygens (including phenoxy) is 1. The molecule has 0 atom stereocenters. The van der Waals surface area contributed by atoms with E-state index in [1.165, 1.54) is 25.9 Å². The number of anilines is 1. The molecule has 1 fully saturated rings. The van der Waals surface area contributed by atoms with Gasteiger partial charge in [-0.2, -0.15) is 0 Å². The van der Waals surface area contributed by atoms with Gasteiger partial charge in [-0.25, -0.2) is 0 Å². The van der Waals surface area contributed by atoms with Gasteiger partial charge in [-0.05, 0) is 75.2 Å². The predicted octanol–water partition coefficient (Wildman–Crippen LogP) is 3.76. The molecular weight excluding hydrogens is 330 g/mol. The van der Waals surface area contributed by atoms with Crippen molar-refractivity contribution in [3.8, 4) is 5.75 Å². The lowest BCUT2D eigenvalue weighted by atomic mass is 9.99. The van der Waals surface area contributed by atoms with Crippen LogP contribution in [-0.2, 0) is 0 Å². The van der Waals surface area contributed by atoms with Crippen molar-refractivity contribution in [1.29, 1.82) is 0 Å². The van der Waals surface area contributed by atoms with E-state index in [4.69, 9.17) is 28.6 Å². The molecule has 1 saturated heterocycles. The molecule has 2 rings (SSSR count). The highest BCUT2D eigenvalue weighted by Gasteiger charge is 2.14. The van der Waals surface area contributed by atoms with Gasteiger partial charge in [-0.3, -0.25) is 0 Å². The highest BCUT2D eigenvalue weighted by atomic mass is 35.5. The van der Waals surface area contributed by atoms with Crippen molar-refractivity contribution >= 4 is 34.6 Å². The first kappa shape index (κ1) is 18.3. The Morgan fingerprint density at radius 1 is 1.39 bits per heavy atom. The van der Waals surface area contributed by atoms with Gasteiger partial charge in [0, 0.05) is 12.2 Å². The molecule has 1 aliphatic heterocycles. The van der Waals surface area contributed by atoms with Crippen molar-refractivity contribution in [2.75, 3.05) is 38.6 Å². The summed E-state index contributed by atoms with van der Waals surface area (Å²) < 4.78 is 5.14. The molecule has 1 heterocycles. The molecule has 1 aliphatic rings. The zero-order valence-corrected chi connectivity index (χ0v) is 15.5. The Kier molecular flexibility index (Phi) is 7.40. The molecule has 0 bridgehead atoms. The minimum Gasteiger partial charge on any atom is -0.495 e. The van der Waals surface area contributed by atoms with E-state index >= 15 is 0 Å². The molecule has 2 N–H and O–H groups in total. The zero-order chi connectivity index (χ0) is 16.7. The Bertz CT molecular complexity index is 519. The summed E-state index contributed by atoms with van der Waals surface area (Å²) >= 11 is 11.4. The van der Waals surface area contributed by atoms with Gasteiger partial charge in [0.2, 0.25) is 0 Å². The van der Waals surface area contributed by atoms with Crippen LogP contribution in [0, 0.1) is 5.92 Å². The molecule has 1 aromatic carbocycles. The summed E-state index contributed by atoms with van der Waals surface area (Å²) in [6, 6.07) is 5.53. The Morgan fingerprint density at radius 3 is 2.78 bits per heavy atom. The van der Waals surface area contributed by atoms with E-state index in [9.17, 15) is 0 Å². The van der Waals surface area contributed by atoms with E-state index in [1.54, 1.807) is 7.11 Å². The molecule has 128 valence electrons. The fourth-order valence-electron chi connectivity index (χ4n) is 2.71. The Labute approximate surface area is 149 Å². The third-order valence-electron chi connectivity index (χ3n) is 4.22. The Morgan fingerprint density at radius 2 is 2.13 bits per heavy atom. The molecule has 0 aromatic heterocycles. The minimum atomic E-state index is 0.569. The van der Waals surface area contributed by atoms with E-state index in [2.05, 4.69) is 22.5 Å². The first-order chi connectivity index (χ1) is 11.1. The van der Waals surface area contributed by atoms with Crippen LogP contribution >= 0.6 is 23.8 Å². The summed E-state index contributed by atoms with van der Waals surface area (Å²) in [4.78, 5) is 2.54. The maximum atomic E-state index is 6.10. The molecule has 0 spiro atoms. The van der Waals surface area contributed by atoms with Crippen LogP contribution in [0.2, 0.25) is 5.02 Å². The third kappa shape index (κ3) is 6.16. The smallest absolute Gasteiger partial charge is 0.170 e. The van der Waals surface area contributed by atoms with Crippen molar-refractivity contribution in [3.63, 3.8) is 0 Å². The van der Waals surface area contributed by atoms with E-state index < -0.39 is 0 Å². The summed E-state index contributed by atoms with van der Waals surface area (Å²) in [5.41, 5.74) is 0.860. The van der Waals surface area contributed by atoms with Gasteiger partial charge in [0.25, 0.3) is 0 Å². The van der Waals surface area contributed by atoms with Gasteiger partial charge in [0.15, 0.2) is 5.11 Å². The first-order valence-corrected chi connectivity index (χ1v) is 8.98. The molecule has 0 unspecified atom stereocenters. The number of rotatable bonds is 6. The van der Waals surface area contributed by atoms with Crippen LogP contribution in [0.1, 0.15) is 26.2 Å². The van der Waals surface area contributed by atoms with E-state index in [-0.39, 0.29) is 0 Å². The van der Waals surface area contributed by atoms with Gasteiger partial charge in [0.1, 0.15) is 5.75 Å². The van der Waals surface area contributed by atoms with Crippen molar-refractivity contribution in [2.24, 2.45) is 5.92 Å². The topological polar surface area (TPSA) is 36.5 Å². The van der Waals surface area contributed by atoms with Crippen LogP contribution in [-0.4, -0.2) is 43.3 Å². The molecule has 1 aromatic rings. The van der Waals surface area contributed by atoms with Crippen LogP contribution in [0.5, 0.6) is 5.75 Å². The highest BCUT2D eigenvalue weighted by molar-refractivity contribution is 7.80. The highest BCUT2D eigenvalue weighted by Crippen LogP contribution is 2.27. The van der Waals surface area contributed by atoms with Crippen molar-refractivity contribution in [3.05, 3.63) is 23.2 Å². The van der Waals surface area contributed by atoms with Crippen LogP contribution in [0.4, 0.5) is 5.69 Å². The standard InChI is InChI=1S/C17H26ClN3OS/c1-13-6-10-21(11-7-13)9-3-8-19-17(23)20-14-4-5-16(22-2)15(18)12-14/h4-5,12-13H,3,6-11H2,1-2H3,(H2,19,20,23). The number of benzene rings is 1. The van der Waals surface area contributed by atoms with Gasteiger partial charge >= 0.3 is 0 Å². The van der Waals surface area contributed by atoms with Crippen molar-refractivity contribution in [1.82, 2.24) is 10.2 Å². The fraction of sp³-hybridized carbons (Fsp3) is 0.588. The maximum Gasteiger partial charge on any atom is 0.170 e. The number of nitrogens with one attached hydrogen (secondary N) is 2. The van der Waals surface area contributed by atoms with E-state index in [0.29, 0.717) is 15.9 Å². The van der Waals surface area contributed by atoms with Crippen molar-refractivity contribution in [2.45, 2.75) is 26.2 Å². The zero-order valence-electron chi connectivity index (χ0n) is 13.9. The second kappa shape index (κ2) is 9.30. The number of thiocarbonyl (C=S) groups is 1. The molecular formula is C17H26ClN3OS. The maximum absolute atomic E-state index is 6.10. The quantitative estimate of drug-likeness (QED) is 0.600. The van der Waals surface area contributed by atoms with Crippen LogP contribution in [0.3, 0.4) is 0 Å².